The average Bonchev–Trinajstić information content (AvgIpc) is 2.40. The second-order valence-electron chi connectivity index (χ2n) is 3.44. The van der Waals surface area contributed by atoms with Crippen LogP contribution in [0.5, 0.6) is 5.75 Å². The molecule has 0 heterocycles. The standard InChI is InChI=1S/C13H16O3.C2H6/c1-2-3-10-16-12-7-4-11(5-8-12)6-9-13(14)15;1-2/h4-9H,2-3,10H2,1H3,(H,14,15);1-2H3/b9-6+;. The molecule has 100 valence electrons. The third kappa shape index (κ3) is 7.49. The van der Waals surface area contributed by atoms with Crippen molar-refractivity contribution in [1.29, 1.82) is 0 Å². The number of carbonyl (C=O) groups is 1. The van der Waals surface area contributed by atoms with E-state index < -0.39 is 5.97 Å². The predicted molar refractivity (Wildman–Crippen MR) is 74.9 cm³/mol. The lowest BCUT2D eigenvalue weighted by Gasteiger charge is -2.04. The molecule has 3 nitrogen and oxygen atoms in total. The van der Waals surface area contributed by atoms with Crippen LogP contribution >= 0.6 is 0 Å². The number of ether oxygens (including phenoxy) is 1. The maximum absolute atomic E-state index is 10.3. The topological polar surface area (TPSA) is 46.5 Å². The number of unbranched alkanes of at least 4 members (excludes halogenated alkanes) is 1. The van der Waals surface area contributed by atoms with Crippen LogP contribution in [0.3, 0.4) is 0 Å². The van der Waals surface area contributed by atoms with Gasteiger partial charge in [-0.1, -0.05) is 39.3 Å². The van der Waals surface area contributed by atoms with Crippen LogP contribution in [0.25, 0.3) is 6.08 Å². The van der Waals surface area contributed by atoms with Gasteiger partial charge >= 0.3 is 5.97 Å². The summed E-state index contributed by atoms with van der Waals surface area (Å²) in [5, 5.41) is 8.46. The summed E-state index contributed by atoms with van der Waals surface area (Å²) in [6, 6.07) is 7.36. The summed E-state index contributed by atoms with van der Waals surface area (Å²) in [5.41, 5.74) is 0.852. The van der Waals surface area contributed by atoms with Gasteiger partial charge in [-0.05, 0) is 30.2 Å². The molecule has 0 atom stereocenters. The molecule has 1 rings (SSSR count). The fourth-order valence-electron chi connectivity index (χ4n) is 1.18. The first-order chi connectivity index (χ1) is 8.72. The first kappa shape index (κ1) is 16.2. The van der Waals surface area contributed by atoms with Gasteiger partial charge in [-0.2, -0.15) is 0 Å². The Hall–Kier alpha value is -1.77. The minimum absolute atomic E-state index is 0.723. The van der Waals surface area contributed by atoms with Crippen molar-refractivity contribution in [1.82, 2.24) is 0 Å². The van der Waals surface area contributed by atoms with Crippen molar-refractivity contribution in [2.45, 2.75) is 33.6 Å². The van der Waals surface area contributed by atoms with Crippen molar-refractivity contribution in [3.05, 3.63) is 35.9 Å². The van der Waals surface area contributed by atoms with Crippen molar-refractivity contribution in [2.24, 2.45) is 0 Å². The summed E-state index contributed by atoms with van der Waals surface area (Å²) < 4.78 is 5.49. The molecule has 0 aliphatic rings. The maximum atomic E-state index is 10.3. The van der Waals surface area contributed by atoms with Crippen molar-refractivity contribution in [3.63, 3.8) is 0 Å². The molecular weight excluding hydrogens is 228 g/mol. The highest BCUT2D eigenvalue weighted by Crippen LogP contribution is 2.13. The fourth-order valence-corrected chi connectivity index (χ4v) is 1.18. The summed E-state index contributed by atoms with van der Waals surface area (Å²) >= 11 is 0. The fraction of sp³-hybridized carbons (Fsp3) is 0.400. The molecule has 0 amide bonds. The zero-order chi connectivity index (χ0) is 13.8. The van der Waals surface area contributed by atoms with Crippen LogP contribution in [0.2, 0.25) is 0 Å². The summed E-state index contributed by atoms with van der Waals surface area (Å²) in [5.74, 6) is -0.121. The van der Waals surface area contributed by atoms with Gasteiger partial charge in [-0.15, -0.1) is 0 Å². The number of hydrogen-bond acceptors (Lipinski definition) is 2. The first-order valence-electron chi connectivity index (χ1n) is 6.36. The van der Waals surface area contributed by atoms with Crippen molar-refractivity contribution in [2.75, 3.05) is 6.61 Å². The van der Waals surface area contributed by atoms with Crippen LogP contribution < -0.4 is 4.74 Å². The molecule has 18 heavy (non-hydrogen) atoms. The highest BCUT2D eigenvalue weighted by atomic mass is 16.5. The lowest BCUT2D eigenvalue weighted by atomic mass is 10.2. The molecule has 0 aromatic heterocycles. The second kappa shape index (κ2) is 10.4. The van der Waals surface area contributed by atoms with E-state index in [1.54, 1.807) is 6.08 Å². The molecule has 0 spiro atoms. The average molecular weight is 250 g/mol. The van der Waals surface area contributed by atoms with Gasteiger partial charge in [0, 0.05) is 6.08 Å². The Bertz CT molecular complexity index is 353. The summed E-state index contributed by atoms with van der Waals surface area (Å²) in [6.07, 6.45) is 4.82. The van der Waals surface area contributed by atoms with Crippen LogP contribution in [0.4, 0.5) is 0 Å². The van der Waals surface area contributed by atoms with Gasteiger partial charge in [-0.25, -0.2) is 4.79 Å². The number of carboxylic acid groups (broad SMARTS) is 1. The van der Waals surface area contributed by atoms with Crippen LogP contribution in [0.1, 0.15) is 39.2 Å². The van der Waals surface area contributed by atoms with Gasteiger partial charge in [0.1, 0.15) is 5.75 Å². The van der Waals surface area contributed by atoms with Crippen LogP contribution in [0, 0.1) is 0 Å². The van der Waals surface area contributed by atoms with E-state index >= 15 is 0 Å². The van der Waals surface area contributed by atoms with Crippen LogP contribution in [0.15, 0.2) is 30.3 Å². The molecule has 0 saturated heterocycles. The first-order valence-corrected chi connectivity index (χ1v) is 6.36. The van der Waals surface area contributed by atoms with Gasteiger partial charge < -0.3 is 9.84 Å². The van der Waals surface area contributed by atoms with Crippen LogP contribution in [-0.2, 0) is 4.79 Å². The summed E-state index contributed by atoms with van der Waals surface area (Å²) in [6.45, 7) is 6.84. The molecule has 0 radical (unpaired) electrons. The van der Waals surface area contributed by atoms with Crippen molar-refractivity contribution < 1.29 is 14.6 Å². The normalized spacial score (nSPS) is 9.72. The van der Waals surface area contributed by atoms with Crippen molar-refractivity contribution in [3.8, 4) is 5.75 Å². The second-order valence-corrected chi connectivity index (χ2v) is 3.44. The van der Waals surface area contributed by atoms with Gasteiger partial charge in [0.05, 0.1) is 6.61 Å². The summed E-state index contributed by atoms with van der Waals surface area (Å²) in [7, 11) is 0. The minimum Gasteiger partial charge on any atom is -0.494 e. The highest BCUT2D eigenvalue weighted by molar-refractivity contribution is 5.85. The SMILES string of the molecule is CC.CCCCOc1ccc(/C=C/C(=O)O)cc1. The Morgan fingerprint density at radius 2 is 1.89 bits per heavy atom. The van der Waals surface area contributed by atoms with E-state index in [9.17, 15) is 4.79 Å². The molecule has 0 bridgehead atoms. The number of rotatable bonds is 6. The van der Waals surface area contributed by atoms with E-state index in [4.69, 9.17) is 9.84 Å². The molecule has 0 saturated carbocycles. The zero-order valence-electron chi connectivity index (χ0n) is 11.3. The maximum Gasteiger partial charge on any atom is 0.328 e. The van der Waals surface area contributed by atoms with Gasteiger partial charge in [0.2, 0.25) is 0 Å². The molecule has 1 aromatic rings. The Kier molecular flexibility index (Phi) is 9.37. The number of carboxylic acids is 1. The van der Waals surface area contributed by atoms with Crippen LogP contribution in [-0.4, -0.2) is 17.7 Å². The molecule has 0 unspecified atom stereocenters. The Morgan fingerprint density at radius 3 is 2.39 bits per heavy atom. The molecule has 0 aliphatic heterocycles. The van der Waals surface area contributed by atoms with Gasteiger partial charge in [-0.3, -0.25) is 0 Å². The Morgan fingerprint density at radius 1 is 1.28 bits per heavy atom. The lowest BCUT2D eigenvalue weighted by Crippen LogP contribution is -1.95. The van der Waals surface area contributed by atoms with E-state index in [0.29, 0.717) is 0 Å². The quantitative estimate of drug-likeness (QED) is 0.613. The minimum atomic E-state index is -0.941. The van der Waals surface area contributed by atoms with E-state index in [0.717, 1.165) is 36.8 Å². The summed E-state index contributed by atoms with van der Waals surface area (Å²) in [4.78, 5) is 10.3. The van der Waals surface area contributed by atoms with Crippen molar-refractivity contribution >= 4 is 12.0 Å². The zero-order valence-corrected chi connectivity index (χ0v) is 11.3. The molecule has 3 heteroatoms. The number of hydrogen-bond donors (Lipinski definition) is 1. The Balaban J connectivity index is 0.00000137. The van der Waals surface area contributed by atoms with E-state index in [2.05, 4.69) is 6.92 Å². The molecule has 1 N–H and O–H groups in total. The van der Waals surface area contributed by atoms with E-state index in [1.807, 2.05) is 38.1 Å². The predicted octanol–water partition coefficient (Wildman–Crippen LogP) is 3.99. The van der Waals surface area contributed by atoms with E-state index in [1.165, 1.54) is 0 Å². The largest absolute Gasteiger partial charge is 0.494 e. The third-order valence-corrected chi connectivity index (χ3v) is 2.07. The third-order valence-electron chi connectivity index (χ3n) is 2.07. The lowest BCUT2D eigenvalue weighted by molar-refractivity contribution is -0.131. The van der Waals surface area contributed by atoms with E-state index in [-0.39, 0.29) is 0 Å². The smallest absolute Gasteiger partial charge is 0.328 e. The molecular formula is C15H22O3. The van der Waals surface area contributed by atoms with Gasteiger partial charge in [0.25, 0.3) is 0 Å². The molecule has 0 aliphatic carbocycles. The number of benzene rings is 1. The Labute approximate surface area is 109 Å². The molecule has 1 aromatic carbocycles. The highest BCUT2D eigenvalue weighted by Gasteiger charge is 1.93. The molecule has 0 fully saturated rings. The van der Waals surface area contributed by atoms with Gasteiger partial charge in [0.15, 0.2) is 0 Å². The number of aliphatic carboxylic acids is 1. The monoisotopic (exact) mass is 250 g/mol.